The average Bonchev–Trinajstić information content (AvgIpc) is 3.24. The maximum atomic E-state index is 13.1. The molecular formula is C27H20ClN3O3. The van der Waals surface area contributed by atoms with Gasteiger partial charge in [0.05, 0.1) is 28.9 Å². The third kappa shape index (κ3) is 4.36. The quantitative estimate of drug-likeness (QED) is 0.343. The zero-order valence-electron chi connectivity index (χ0n) is 18.0. The first-order chi connectivity index (χ1) is 16.5. The molecule has 1 amide bonds. The molecule has 0 saturated carbocycles. The third-order valence-electron chi connectivity index (χ3n) is 5.74. The maximum absolute atomic E-state index is 13.1. The number of benzene rings is 3. The van der Waals surface area contributed by atoms with Crippen molar-refractivity contribution in [3.05, 3.63) is 113 Å². The van der Waals surface area contributed by atoms with Crippen LogP contribution in [-0.4, -0.2) is 26.5 Å². The number of aromatic carboxylic acids is 1. The Morgan fingerprint density at radius 1 is 0.941 bits per heavy atom. The normalized spacial score (nSPS) is 11.1. The van der Waals surface area contributed by atoms with Gasteiger partial charge in [0.1, 0.15) is 0 Å². The Balaban J connectivity index is 1.42. The summed E-state index contributed by atoms with van der Waals surface area (Å²) in [5.74, 6) is -1.25. The fraction of sp³-hybridized carbons (Fsp3) is 0.0741. The van der Waals surface area contributed by atoms with E-state index < -0.39 is 5.97 Å². The van der Waals surface area contributed by atoms with Crippen molar-refractivity contribution in [2.24, 2.45) is 0 Å². The van der Waals surface area contributed by atoms with Crippen LogP contribution in [0.2, 0.25) is 5.02 Å². The van der Waals surface area contributed by atoms with Crippen LogP contribution in [0.3, 0.4) is 0 Å². The molecule has 0 saturated heterocycles. The molecule has 0 bridgehead atoms. The van der Waals surface area contributed by atoms with Crippen LogP contribution in [0.15, 0.2) is 85.2 Å². The first-order valence-electron chi connectivity index (χ1n) is 10.7. The number of halogens is 1. The molecule has 0 aliphatic heterocycles. The van der Waals surface area contributed by atoms with Gasteiger partial charge in [0.2, 0.25) is 0 Å². The van der Waals surface area contributed by atoms with Crippen LogP contribution < -0.4 is 5.32 Å². The predicted octanol–water partition coefficient (Wildman–Crippen LogP) is 5.52. The Bertz CT molecular complexity index is 1540. The van der Waals surface area contributed by atoms with E-state index in [0.29, 0.717) is 17.1 Å². The molecule has 0 atom stereocenters. The fourth-order valence-corrected chi connectivity index (χ4v) is 4.28. The van der Waals surface area contributed by atoms with E-state index in [0.717, 1.165) is 32.9 Å². The number of hydrogen-bond acceptors (Lipinski definition) is 3. The monoisotopic (exact) mass is 469 g/mol. The number of carboxylic acid groups (broad SMARTS) is 1. The molecule has 0 radical (unpaired) electrons. The molecule has 0 fully saturated rings. The summed E-state index contributed by atoms with van der Waals surface area (Å²) >= 11 is 6.31. The van der Waals surface area contributed by atoms with Crippen LogP contribution in [0.4, 0.5) is 0 Å². The lowest BCUT2D eigenvalue weighted by Gasteiger charge is -2.12. The number of aromatic nitrogens is 2. The minimum atomic E-state index is -0.987. The second kappa shape index (κ2) is 9.00. The number of carbonyl (C=O) groups is 2. The van der Waals surface area contributed by atoms with Crippen molar-refractivity contribution in [2.75, 3.05) is 0 Å². The molecule has 5 aromatic rings. The predicted molar refractivity (Wildman–Crippen MR) is 132 cm³/mol. The minimum absolute atomic E-state index is 0.201. The third-order valence-corrected chi connectivity index (χ3v) is 5.96. The lowest BCUT2D eigenvalue weighted by Crippen LogP contribution is -2.23. The lowest BCUT2D eigenvalue weighted by molar-refractivity contribution is 0.0696. The van der Waals surface area contributed by atoms with Gasteiger partial charge < -0.3 is 15.0 Å². The zero-order chi connectivity index (χ0) is 23.7. The summed E-state index contributed by atoms with van der Waals surface area (Å²) in [5, 5.41) is 15.5. The molecule has 2 heterocycles. The van der Waals surface area contributed by atoms with Gasteiger partial charge in [0.25, 0.3) is 5.91 Å². The molecular weight excluding hydrogens is 450 g/mol. The van der Waals surface area contributed by atoms with Crippen LogP contribution in [0.25, 0.3) is 21.7 Å². The summed E-state index contributed by atoms with van der Waals surface area (Å²) in [6.45, 7) is 0.770. The summed E-state index contributed by atoms with van der Waals surface area (Å²) in [4.78, 5) is 28.8. The largest absolute Gasteiger partial charge is 0.478 e. The average molecular weight is 470 g/mol. The smallest absolute Gasteiger partial charge is 0.335 e. The van der Waals surface area contributed by atoms with Crippen molar-refractivity contribution < 1.29 is 14.7 Å². The highest BCUT2D eigenvalue weighted by Crippen LogP contribution is 2.26. The summed E-state index contributed by atoms with van der Waals surface area (Å²) < 4.78 is 2.00. The standard InChI is InChI=1S/C27H20ClN3O3/c28-22-11-20-9-10-31(16-23-12-19-3-1-2-4-21(19)15-29-23)25(20)24(13-22)26(32)30-14-17-5-7-18(8-6-17)27(33)34/h1-13,15H,14,16H2,(H,30,32)(H,33,34). The molecule has 168 valence electrons. The van der Waals surface area contributed by atoms with Crippen LogP contribution in [0, 0.1) is 0 Å². The Kier molecular flexibility index (Phi) is 5.74. The second-order valence-electron chi connectivity index (χ2n) is 8.04. The highest BCUT2D eigenvalue weighted by Gasteiger charge is 2.16. The Morgan fingerprint density at radius 3 is 2.47 bits per heavy atom. The molecule has 34 heavy (non-hydrogen) atoms. The number of rotatable bonds is 6. The van der Waals surface area contributed by atoms with Crippen LogP contribution in [-0.2, 0) is 13.1 Å². The second-order valence-corrected chi connectivity index (χ2v) is 8.48. The highest BCUT2D eigenvalue weighted by atomic mass is 35.5. The van der Waals surface area contributed by atoms with E-state index in [2.05, 4.69) is 22.4 Å². The van der Waals surface area contributed by atoms with E-state index in [1.165, 1.54) is 12.1 Å². The van der Waals surface area contributed by atoms with Crippen molar-refractivity contribution in [3.8, 4) is 0 Å². The van der Waals surface area contributed by atoms with Gasteiger partial charge in [-0.2, -0.15) is 0 Å². The van der Waals surface area contributed by atoms with Crippen molar-refractivity contribution in [1.82, 2.24) is 14.9 Å². The van der Waals surface area contributed by atoms with Crippen LogP contribution >= 0.6 is 11.6 Å². The Morgan fingerprint density at radius 2 is 1.71 bits per heavy atom. The molecule has 5 rings (SSSR count). The molecule has 6 nitrogen and oxygen atoms in total. The van der Waals surface area contributed by atoms with E-state index in [-0.39, 0.29) is 18.0 Å². The van der Waals surface area contributed by atoms with Crippen molar-refractivity contribution in [2.45, 2.75) is 13.1 Å². The van der Waals surface area contributed by atoms with Gasteiger partial charge in [-0.15, -0.1) is 0 Å². The first kappa shape index (κ1) is 21.7. The molecule has 0 unspecified atom stereocenters. The van der Waals surface area contributed by atoms with Gasteiger partial charge in [-0.3, -0.25) is 9.78 Å². The molecule has 0 spiro atoms. The van der Waals surface area contributed by atoms with Gasteiger partial charge in [0.15, 0.2) is 0 Å². The fourth-order valence-electron chi connectivity index (χ4n) is 4.05. The first-order valence-corrected chi connectivity index (χ1v) is 11.1. The lowest BCUT2D eigenvalue weighted by atomic mass is 10.1. The summed E-state index contributed by atoms with van der Waals surface area (Å²) in [5.41, 5.74) is 3.13. The van der Waals surface area contributed by atoms with Crippen molar-refractivity contribution in [1.29, 1.82) is 0 Å². The number of amides is 1. The van der Waals surface area contributed by atoms with E-state index >= 15 is 0 Å². The van der Waals surface area contributed by atoms with Crippen LogP contribution in [0.5, 0.6) is 0 Å². The molecule has 2 N–H and O–H groups in total. The molecule has 7 heteroatoms. The van der Waals surface area contributed by atoms with Crippen LogP contribution in [0.1, 0.15) is 32.0 Å². The number of pyridine rings is 1. The topological polar surface area (TPSA) is 84.2 Å². The van der Waals surface area contributed by atoms with E-state index in [9.17, 15) is 9.59 Å². The maximum Gasteiger partial charge on any atom is 0.335 e. The zero-order valence-corrected chi connectivity index (χ0v) is 18.8. The molecule has 2 aromatic heterocycles. The van der Waals surface area contributed by atoms with Gasteiger partial charge in [-0.25, -0.2) is 4.79 Å². The SMILES string of the molecule is O=C(O)c1ccc(CNC(=O)c2cc(Cl)cc3ccn(Cc4cc5ccccc5cn4)c23)cc1. The van der Waals surface area contributed by atoms with E-state index in [1.54, 1.807) is 18.2 Å². The number of carboxylic acids is 1. The number of nitrogens with zero attached hydrogens (tertiary/aromatic N) is 2. The number of hydrogen-bond donors (Lipinski definition) is 2. The Labute approximate surface area is 200 Å². The van der Waals surface area contributed by atoms with Gasteiger partial charge in [0, 0.05) is 34.7 Å². The van der Waals surface area contributed by atoms with Gasteiger partial charge in [-0.1, -0.05) is 48.0 Å². The number of carbonyl (C=O) groups excluding carboxylic acids is 1. The molecule has 0 aliphatic carbocycles. The summed E-state index contributed by atoms with van der Waals surface area (Å²) in [6.07, 6.45) is 3.79. The minimum Gasteiger partial charge on any atom is -0.478 e. The van der Waals surface area contributed by atoms with Gasteiger partial charge >= 0.3 is 5.97 Å². The summed E-state index contributed by atoms with van der Waals surface area (Å²) in [6, 6.07) is 22.0. The molecule has 3 aromatic carbocycles. The van der Waals surface area contributed by atoms with Gasteiger partial charge in [-0.05, 0) is 47.3 Å². The van der Waals surface area contributed by atoms with E-state index in [1.807, 2.05) is 47.3 Å². The molecule has 0 aliphatic rings. The number of fused-ring (bicyclic) bond motifs is 2. The van der Waals surface area contributed by atoms with Crippen molar-refractivity contribution in [3.63, 3.8) is 0 Å². The number of nitrogens with one attached hydrogen (secondary N) is 1. The van der Waals surface area contributed by atoms with Crippen molar-refractivity contribution >= 4 is 45.2 Å². The van der Waals surface area contributed by atoms with E-state index in [4.69, 9.17) is 16.7 Å². The Hall–Kier alpha value is -4.16. The summed E-state index contributed by atoms with van der Waals surface area (Å²) in [7, 11) is 0. The highest BCUT2D eigenvalue weighted by molar-refractivity contribution is 6.32.